The maximum absolute atomic E-state index is 14.2. The Kier molecular flexibility index (Phi) is 6.55. The lowest BCUT2D eigenvalue weighted by Gasteiger charge is -2.29. The summed E-state index contributed by atoms with van der Waals surface area (Å²) in [5.74, 6) is -4.89. The molecule has 1 aromatic rings. The highest BCUT2D eigenvalue weighted by Gasteiger charge is 2.32. The van der Waals surface area contributed by atoms with Crippen LogP contribution in [0.25, 0.3) is 0 Å². The van der Waals surface area contributed by atoms with Gasteiger partial charge in [0.15, 0.2) is 0 Å². The lowest BCUT2D eigenvalue weighted by atomic mass is 10.1. The van der Waals surface area contributed by atoms with Gasteiger partial charge in [0.1, 0.15) is 5.82 Å². The molecule has 0 aliphatic carbocycles. The fourth-order valence-electron chi connectivity index (χ4n) is 2.38. The van der Waals surface area contributed by atoms with Crippen LogP contribution < -0.4 is 0 Å². The summed E-state index contributed by atoms with van der Waals surface area (Å²) in [4.78, 5) is 13.0. The molecule has 25 heavy (non-hydrogen) atoms. The van der Waals surface area contributed by atoms with E-state index >= 15 is 0 Å². The summed E-state index contributed by atoms with van der Waals surface area (Å²) in [6.45, 7) is 0.461. The first-order valence-electron chi connectivity index (χ1n) is 7.61. The monoisotopic (exact) mass is 373 g/mol. The predicted octanol–water partition coefficient (Wildman–Crippen LogP) is 3.20. The molecular formula is C17H18F3NO3S. The highest BCUT2D eigenvalue weighted by Crippen LogP contribution is 2.36. The number of carboxylic acids is 1. The van der Waals surface area contributed by atoms with Crippen molar-refractivity contribution in [3.05, 3.63) is 58.4 Å². The van der Waals surface area contributed by atoms with Gasteiger partial charge in [-0.25, -0.2) is 18.0 Å². The lowest BCUT2D eigenvalue weighted by molar-refractivity contribution is -0.132. The SMILES string of the molecule is O=C(O)C1=C(SCCC(F)(F)c2ccc(F)cc2)N(CCO)CC=C1. The van der Waals surface area contributed by atoms with E-state index in [1.54, 1.807) is 11.0 Å². The molecule has 1 aliphatic rings. The highest BCUT2D eigenvalue weighted by molar-refractivity contribution is 8.03. The van der Waals surface area contributed by atoms with Crippen molar-refractivity contribution in [1.82, 2.24) is 4.90 Å². The minimum Gasteiger partial charge on any atom is -0.478 e. The number of benzene rings is 1. The number of nitrogens with zero attached hydrogens (tertiary/aromatic N) is 1. The largest absolute Gasteiger partial charge is 0.478 e. The number of carboxylic acid groups (broad SMARTS) is 1. The number of alkyl halides is 2. The summed E-state index contributed by atoms with van der Waals surface area (Å²) in [6, 6.07) is 4.05. The van der Waals surface area contributed by atoms with Crippen LogP contribution in [-0.4, -0.2) is 46.5 Å². The number of aliphatic hydroxyl groups is 1. The molecule has 136 valence electrons. The van der Waals surface area contributed by atoms with Crippen LogP contribution in [0, 0.1) is 5.82 Å². The summed E-state index contributed by atoms with van der Waals surface area (Å²) >= 11 is 1.01. The molecule has 2 N–H and O–H groups in total. The third-order valence-corrected chi connectivity index (χ3v) is 4.81. The second kappa shape index (κ2) is 8.44. The average molecular weight is 373 g/mol. The Morgan fingerprint density at radius 2 is 1.96 bits per heavy atom. The third-order valence-electron chi connectivity index (χ3n) is 3.65. The molecule has 0 radical (unpaired) electrons. The van der Waals surface area contributed by atoms with Gasteiger partial charge in [-0.1, -0.05) is 18.2 Å². The summed E-state index contributed by atoms with van der Waals surface area (Å²) in [7, 11) is 0. The molecule has 8 heteroatoms. The van der Waals surface area contributed by atoms with Crippen LogP contribution in [0.4, 0.5) is 13.2 Å². The number of aliphatic hydroxyl groups excluding tert-OH is 1. The van der Waals surface area contributed by atoms with E-state index in [1.165, 1.54) is 6.08 Å². The number of hydrogen-bond acceptors (Lipinski definition) is 4. The molecule has 0 saturated heterocycles. The predicted molar refractivity (Wildman–Crippen MR) is 89.8 cm³/mol. The Hall–Kier alpha value is -1.93. The molecule has 0 atom stereocenters. The molecular weight excluding hydrogens is 355 g/mol. The molecule has 0 unspecified atom stereocenters. The zero-order chi connectivity index (χ0) is 18.4. The zero-order valence-corrected chi connectivity index (χ0v) is 14.1. The van der Waals surface area contributed by atoms with E-state index in [9.17, 15) is 23.1 Å². The number of rotatable bonds is 8. The van der Waals surface area contributed by atoms with Crippen LogP contribution in [-0.2, 0) is 10.7 Å². The minimum absolute atomic E-state index is 0.0216. The Balaban J connectivity index is 2.07. The standard InChI is InChI=1S/C17H18F3NO3S/c18-13-5-3-12(4-6-13)17(19,20)7-11-25-15-14(16(23)24)2-1-8-21(15)9-10-22/h1-6,22H,7-11H2,(H,23,24). The topological polar surface area (TPSA) is 60.8 Å². The van der Waals surface area contributed by atoms with E-state index in [4.69, 9.17) is 5.11 Å². The van der Waals surface area contributed by atoms with E-state index in [0.29, 0.717) is 11.6 Å². The van der Waals surface area contributed by atoms with Crippen molar-refractivity contribution in [2.75, 3.05) is 25.4 Å². The Bertz CT molecular complexity index is 674. The highest BCUT2D eigenvalue weighted by atomic mass is 32.2. The second-order valence-electron chi connectivity index (χ2n) is 5.41. The molecule has 0 saturated carbocycles. The van der Waals surface area contributed by atoms with Crippen LogP contribution in [0.3, 0.4) is 0 Å². The van der Waals surface area contributed by atoms with E-state index in [0.717, 1.165) is 36.0 Å². The Labute approximate surface area is 147 Å². The third kappa shape index (κ3) is 5.02. The molecule has 1 heterocycles. The van der Waals surface area contributed by atoms with Crippen LogP contribution in [0.5, 0.6) is 0 Å². The number of aliphatic carboxylic acids is 1. The summed E-state index contributed by atoms with van der Waals surface area (Å²) < 4.78 is 41.3. The molecule has 1 aliphatic heterocycles. The normalized spacial score (nSPS) is 15.0. The van der Waals surface area contributed by atoms with Gasteiger partial charge < -0.3 is 15.1 Å². The number of hydrogen-bond donors (Lipinski definition) is 2. The van der Waals surface area contributed by atoms with E-state index in [2.05, 4.69) is 0 Å². The second-order valence-corrected chi connectivity index (χ2v) is 6.49. The molecule has 0 fully saturated rings. The molecule has 0 amide bonds. The fraction of sp³-hybridized carbons (Fsp3) is 0.353. The van der Waals surface area contributed by atoms with Crippen molar-refractivity contribution >= 4 is 17.7 Å². The van der Waals surface area contributed by atoms with Gasteiger partial charge in [-0.05, 0) is 18.2 Å². The van der Waals surface area contributed by atoms with E-state index in [-0.39, 0.29) is 30.0 Å². The maximum Gasteiger partial charge on any atom is 0.338 e. The van der Waals surface area contributed by atoms with Gasteiger partial charge in [0.2, 0.25) is 0 Å². The minimum atomic E-state index is -3.14. The quantitative estimate of drug-likeness (QED) is 0.733. The number of halogens is 3. The first-order chi connectivity index (χ1) is 11.8. The van der Waals surface area contributed by atoms with Crippen molar-refractivity contribution in [2.45, 2.75) is 12.3 Å². The molecule has 0 bridgehead atoms. The van der Waals surface area contributed by atoms with Gasteiger partial charge in [-0.15, -0.1) is 11.8 Å². The van der Waals surface area contributed by atoms with Gasteiger partial charge >= 0.3 is 5.97 Å². The molecule has 1 aromatic carbocycles. The van der Waals surface area contributed by atoms with Crippen LogP contribution in [0.1, 0.15) is 12.0 Å². The van der Waals surface area contributed by atoms with Gasteiger partial charge in [0.05, 0.1) is 17.2 Å². The number of carbonyl (C=O) groups is 1. The van der Waals surface area contributed by atoms with Crippen molar-refractivity contribution in [1.29, 1.82) is 0 Å². The first-order valence-corrected chi connectivity index (χ1v) is 8.60. The summed E-state index contributed by atoms with van der Waals surface area (Å²) in [5.41, 5.74) is -0.257. The van der Waals surface area contributed by atoms with Gasteiger partial charge in [-0.2, -0.15) is 0 Å². The molecule has 4 nitrogen and oxygen atoms in total. The number of thioether (sulfide) groups is 1. The van der Waals surface area contributed by atoms with Crippen molar-refractivity contribution in [3.8, 4) is 0 Å². The van der Waals surface area contributed by atoms with Crippen LogP contribution in [0.2, 0.25) is 0 Å². The zero-order valence-electron chi connectivity index (χ0n) is 13.3. The summed E-state index contributed by atoms with van der Waals surface area (Å²) in [6.07, 6.45) is 2.57. The van der Waals surface area contributed by atoms with Crippen LogP contribution in [0.15, 0.2) is 47.0 Å². The first kappa shape index (κ1) is 19.4. The van der Waals surface area contributed by atoms with Crippen molar-refractivity contribution < 1.29 is 28.2 Å². The van der Waals surface area contributed by atoms with Gasteiger partial charge in [0.25, 0.3) is 5.92 Å². The lowest BCUT2D eigenvalue weighted by Crippen LogP contribution is -2.30. The average Bonchev–Trinajstić information content (AvgIpc) is 2.56. The fourth-order valence-corrected chi connectivity index (χ4v) is 3.59. The van der Waals surface area contributed by atoms with Crippen molar-refractivity contribution in [3.63, 3.8) is 0 Å². The molecule has 0 aromatic heterocycles. The van der Waals surface area contributed by atoms with E-state index in [1.807, 2.05) is 0 Å². The van der Waals surface area contributed by atoms with E-state index < -0.39 is 24.1 Å². The maximum atomic E-state index is 14.2. The van der Waals surface area contributed by atoms with Gasteiger partial charge in [0, 0.05) is 30.8 Å². The number of β-amino-alcohol motifs (C(OH)–C–C–N with tert-alkyl or cyclic N) is 1. The Morgan fingerprint density at radius 3 is 2.56 bits per heavy atom. The summed E-state index contributed by atoms with van der Waals surface area (Å²) in [5, 5.41) is 18.7. The van der Waals surface area contributed by atoms with Crippen LogP contribution >= 0.6 is 11.8 Å². The smallest absolute Gasteiger partial charge is 0.338 e. The molecule has 2 rings (SSSR count). The van der Waals surface area contributed by atoms with Gasteiger partial charge in [-0.3, -0.25) is 0 Å². The molecule has 0 spiro atoms. The Morgan fingerprint density at radius 1 is 1.28 bits per heavy atom. The van der Waals surface area contributed by atoms with Crippen molar-refractivity contribution in [2.24, 2.45) is 0 Å².